The first-order valence-corrected chi connectivity index (χ1v) is 9.06. The molecular weight excluding hydrogens is 421 g/mol. The van der Waals surface area contributed by atoms with Crippen LogP contribution in [0.15, 0.2) is 23.1 Å². The van der Waals surface area contributed by atoms with Gasteiger partial charge in [-0.05, 0) is 23.3 Å². The summed E-state index contributed by atoms with van der Waals surface area (Å²) in [4.78, 5) is 10.8. The van der Waals surface area contributed by atoms with Crippen molar-refractivity contribution in [1.82, 2.24) is 0 Å². The Balaban J connectivity index is 2.46. The molecule has 2 N–H and O–H groups in total. The molecular formula is C18H14F5NO4S. The Bertz CT molecular complexity index is 954. The van der Waals surface area contributed by atoms with Gasteiger partial charge in [0.2, 0.25) is 10.7 Å². The number of amides is 1. The smallest absolute Gasteiger partial charge is 0.296 e. The zero-order valence-electron chi connectivity index (χ0n) is 15.0. The summed E-state index contributed by atoms with van der Waals surface area (Å²) in [5.74, 6) is -12.2. The summed E-state index contributed by atoms with van der Waals surface area (Å²) in [5, 5.41) is 0. The second-order valence-corrected chi connectivity index (χ2v) is 6.96. The van der Waals surface area contributed by atoms with Crippen LogP contribution in [-0.2, 0) is 21.7 Å². The van der Waals surface area contributed by atoms with Gasteiger partial charge in [0.05, 0.1) is 19.8 Å². The van der Waals surface area contributed by atoms with Crippen LogP contribution in [-0.4, -0.2) is 24.7 Å². The lowest BCUT2D eigenvalue weighted by Crippen LogP contribution is -2.22. The van der Waals surface area contributed by atoms with Gasteiger partial charge in [-0.3, -0.25) is 4.79 Å². The van der Waals surface area contributed by atoms with Crippen molar-refractivity contribution < 1.29 is 40.8 Å². The van der Waals surface area contributed by atoms with Crippen molar-refractivity contribution in [2.45, 2.75) is 5.75 Å². The first-order chi connectivity index (χ1) is 13.6. The Morgan fingerprint density at radius 1 is 1.00 bits per heavy atom. The molecule has 0 saturated heterocycles. The van der Waals surface area contributed by atoms with Crippen molar-refractivity contribution in [2.24, 2.45) is 5.73 Å². The minimum Gasteiger partial charge on any atom is -0.611 e. The fraction of sp³-hybridized carbons (Fsp3) is 0.167. The molecule has 1 unspecified atom stereocenters. The van der Waals surface area contributed by atoms with Crippen molar-refractivity contribution in [3.8, 4) is 11.5 Å². The van der Waals surface area contributed by atoms with Crippen LogP contribution >= 0.6 is 0 Å². The van der Waals surface area contributed by atoms with Gasteiger partial charge in [0, 0.05) is 11.6 Å². The van der Waals surface area contributed by atoms with Gasteiger partial charge in [0.25, 0.3) is 5.91 Å². The highest BCUT2D eigenvalue weighted by atomic mass is 32.2. The molecule has 0 aliphatic heterocycles. The van der Waals surface area contributed by atoms with Gasteiger partial charge in [-0.2, -0.15) is 0 Å². The van der Waals surface area contributed by atoms with Crippen LogP contribution in [0.3, 0.4) is 0 Å². The maximum Gasteiger partial charge on any atom is 0.296 e. The van der Waals surface area contributed by atoms with Crippen LogP contribution in [0.2, 0.25) is 0 Å². The predicted molar refractivity (Wildman–Crippen MR) is 94.8 cm³/mol. The van der Waals surface area contributed by atoms with Crippen LogP contribution in [0.5, 0.6) is 11.5 Å². The zero-order chi connectivity index (χ0) is 21.9. The summed E-state index contributed by atoms with van der Waals surface area (Å²) < 4.78 is 90.2. The van der Waals surface area contributed by atoms with Crippen LogP contribution < -0.4 is 15.2 Å². The quantitative estimate of drug-likeness (QED) is 0.238. The maximum absolute atomic E-state index is 13.9. The van der Waals surface area contributed by atoms with Crippen molar-refractivity contribution in [3.63, 3.8) is 0 Å². The molecule has 0 aromatic heterocycles. The number of ether oxygens (including phenoxy) is 2. The topological polar surface area (TPSA) is 84.6 Å². The molecule has 11 heteroatoms. The SMILES string of the molecule is COc1ccc(C[S+]([O-])/C(=C\c2c(F)c(F)c(F)c(F)c2F)C(N)=O)cc1OC. The zero-order valence-corrected chi connectivity index (χ0v) is 15.8. The average molecular weight is 435 g/mol. The molecule has 156 valence electrons. The lowest BCUT2D eigenvalue weighted by atomic mass is 10.1. The van der Waals surface area contributed by atoms with Crippen LogP contribution in [0.1, 0.15) is 11.1 Å². The molecule has 0 aliphatic carbocycles. The Morgan fingerprint density at radius 3 is 2.00 bits per heavy atom. The van der Waals surface area contributed by atoms with E-state index in [4.69, 9.17) is 15.2 Å². The van der Waals surface area contributed by atoms with E-state index in [0.717, 1.165) is 0 Å². The molecule has 0 heterocycles. The number of halogens is 5. The summed E-state index contributed by atoms with van der Waals surface area (Å²) in [5.41, 5.74) is 4.04. The molecule has 2 aromatic rings. The van der Waals surface area contributed by atoms with Crippen LogP contribution in [0.4, 0.5) is 22.0 Å². The number of hydrogen-bond acceptors (Lipinski definition) is 4. The molecule has 0 saturated carbocycles. The molecule has 0 spiro atoms. The normalized spacial score (nSPS) is 12.6. The molecule has 2 rings (SSSR count). The third-order valence-electron chi connectivity index (χ3n) is 3.75. The Morgan fingerprint density at radius 2 is 1.52 bits per heavy atom. The van der Waals surface area contributed by atoms with Gasteiger partial charge in [-0.25, -0.2) is 22.0 Å². The fourth-order valence-electron chi connectivity index (χ4n) is 2.33. The minimum atomic E-state index is -2.36. The number of benzene rings is 2. The number of methoxy groups -OCH3 is 2. The predicted octanol–water partition coefficient (Wildman–Crippen LogP) is 3.17. The van der Waals surface area contributed by atoms with Gasteiger partial charge >= 0.3 is 0 Å². The molecule has 29 heavy (non-hydrogen) atoms. The highest BCUT2D eigenvalue weighted by Crippen LogP contribution is 2.30. The molecule has 1 atom stereocenters. The number of carbonyl (C=O) groups excluding carboxylic acids is 1. The Labute approximate surface area is 165 Å². The summed E-state index contributed by atoms with van der Waals surface area (Å²) in [6.07, 6.45) is 0.287. The van der Waals surface area contributed by atoms with E-state index in [1.807, 2.05) is 0 Å². The summed E-state index contributed by atoms with van der Waals surface area (Å²) in [7, 11) is 2.75. The van der Waals surface area contributed by atoms with Gasteiger partial charge < -0.3 is 19.8 Å². The van der Waals surface area contributed by atoms with Crippen molar-refractivity contribution in [1.29, 1.82) is 0 Å². The highest BCUT2D eigenvalue weighted by Gasteiger charge is 2.28. The first-order valence-electron chi connectivity index (χ1n) is 7.74. The summed E-state index contributed by atoms with van der Waals surface area (Å²) in [6.45, 7) is 0. The van der Waals surface area contributed by atoms with E-state index >= 15 is 0 Å². The minimum absolute atomic E-state index is 0.284. The van der Waals surface area contributed by atoms with Gasteiger partial charge in [0.1, 0.15) is 5.75 Å². The van der Waals surface area contributed by atoms with E-state index in [0.29, 0.717) is 11.3 Å². The summed E-state index contributed by atoms with van der Waals surface area (Å²) in [6, 6.07) is 4.41. The average Bonchev–Trinajstić information content (AvgIpc) is 2.70. The number of nitrogens with two attached hydrogens (primary N) is 1. The molecule has 0 radical (unpaired) electrons. The molecule has 0 aliphatic rings. The van der Waals surface area contributed by atoms with Gasteiger partial charge in [-0.1, -0.05) is 6.07 Å². The van der Waals surface area contributed by atoms with E-state index in [1.54, 1.807) is 0 Å². The second kappa shape index (κ2) is 9.14. The van der Waals surface area contributed by atoms with Crippen LogP contribution in [0.25, 0.3) is 6.08 Å². The Hall–Kier alpha value is -2.79. The highest BCUT2D eigenvalue weighted by molar-refractivity contribution is 7.95. The third kappa shape index (κ3) is 4.62. The molecule has 2 aromatic carbocycles. The largest absolute Gasteiger partial charge is 0.611 e. The van der Waals surface area contributed by atoms with Crippen molar-refractivity contribution >= 4 is 23.2 Å². The number of rotatable bonds is 7. The summed E-state index contributed by atoms with van der Waals surface area (Å²) >= 11 is -2.28. The fourth-order valence-corrected chi connectivity index (χ4v) is 3.44. The van der Waals surface area contributed by atoms with Gasteiger partial charge in [0.15, 0.2) is 34.8 Å². The van der Waals surface area contributed by atoms with Crippen LogP contribution in [0, 0.1) is 29.1 Å². The molecule has 5 nitrogen and oxygen atoms in total. The van der Waals surface area contributed by atoms with E-state index in [9.17, 15) is 31.3 Å². The number of hydrogen-bond donors (Lipinski definition) is 1. The van der Waals surface area contributed by atoms with E-state index < -0.39 is 56.6 Å². The lowest BCUT2D eigenvalue weighted by molar-refractivity contribution is -0.113. The number of primary amides is 1. The van der Waals surface area contributed by atoms with Crippen molar-refractivity contribution in [3.05, 3.63) is 63.3 Å². The molecule has 0 fully saturated rings. The van der Waals surface area contributed by atoms with E-state index in [2.05, 4.69) is 0 Å². The van der Waals surface area contributed by atoms with Gasteiger partial charge in [-0.15, -0.1) is 0 Å². The standard InChI is InChI=1S/C18H14F5NO4S/c1-27-10-4-3-8(5-11(10)28-2)7-29(26)12(18(24)25)6-9-13(19)15(21)17(23)16(22)14(9)20/h3-6H,7H2,1-2H3,(H2,24,25)/b12-6-. The lowest BCUT2D eigenvalue weighted by Gasteiger charge is -2.14. The number of carbonyl (C=O) groups is 1. The van der Waals surface area contributed by atoms with Crippen molar-refractivity contribution in [2.75, 3.05) is 14.2 Å². The van der Waals surface area contributed by atoms with E-state index in [-0.39, 0.29) is 17.6 Å². The maximum atomic E-state index is 13.9. The molecule has 1 amide bonds. The molecule has 0 bridgehead atoms. The second-order valence-electron chi connectivity index (χ2n) is 5.54. The van der Waals surface area contributed by atoms with E-state index in [1.165, 1.54) is 32.4 Å². The first kappa shape index (κ1) is 22.5. The Kier molecular flexibility index (Phi) is 7.09. The monoisotopic (exact) mass is 435 g/mol. The third-order valence-corrected chi connectivity index (χ3v) is 5.16.